The standard InChI is InChI=1S/C19H27N5/c1-4-18-21-11-13-23(18)12-7-10-20-14-19-22-16-8-5-6-9-17(16)24(19)15(2)3/h5-6,8-9,11,13,15,20H,4,7,10,12,14H2,1-3H3. The molecule has 2 aromatic heterocycles. The second-order valence-corrected chi connectivity index (χ2v) is 6.40. The van der Waals surface area contributed by atoms with Gasteiger partial charge < -0.3 is 14.5 Å². The first kappa shape index (κ1) is 16.7. The highest BCUT2D eigenvalue weighted by atomic mass is 15.1. The van der Waals surface area contributed by atoms with Crippen molar-refractivity contribution in [1.29, 1.82) is 0 Å². The average Bonchev–Trinajstić information content (AvgIpc) is 3.17. The van der Waals surface area contributed by atoms with Crippen molar-refractivity contribution in [2.75, 3.05) is 6.54 Å². The maximum absolute atomic E-state index is 4.79. The van der Waals surface area contributed by atoms with Gasteiger partial charge in [0.25, 0.3) is 0 Å². The zero-order chi connectivity index (χ0) is 16.9. The number of nitrogens with one attached hydrogen (secondary N) is 1. The van der Waals surface area contributed by atoms with Crippen molar-refractivity contribution in [3.63, 3.8) is 0 Å². The van der Waals surface area contributed by atoms with Crippen LogP contribution < -0.4 is 5.32 Å². The number of hydrogen-bond donors (Lipinski definition) is 1. The number of fused-ring (bicyclic) bond motifs is 1. The number of nitrogens with zero attached hydrogens (tertiary/aromatic N) is 4. The van der Waals surface area contributed by atoms with Gasteiger partial charge in [-0.05, 0) is 38.9 Å². The predicted molar refractivity (Wildman–Crippen MR) is 98.0 cm³/mol. The Morgan fingerprint density at radius 2 is 2.00 bits per heavy atom. The Bertz CT molecular complexity index is 784. The number of aryl methyl sites for hydroxylation is 2. The molecule has 5 nitrogen and oxygen atoms in total. The van der Waals surface area contributed by atoms with E-state index in [0.29, 0.717) is 6.04 Å². The SMILES string of the molecule is CCc1nccn1CCCNCc1nc2ccccc2n1C(C)C. The number of hydrogen-bond acceptors (Lipinski definition) is 3. The molecule has 0 amide bonds. The van der Waals surface area contributed by atoms with Gasteiger partial charge in [0.05, 0.1) is 17.6 Å². The molecular formula is C19H27N5. The van der Waals surface area contributed by atoms with E-state index in [1.807, 2.05) is 12.3 Å². The molecule has 0 saturated heterocycles. The summed E-state index contributed by atoms with van der Waals surface area (Å²) in [4.78, 5) is 9.16. The van der Waals surface area contributed by atoms with Gasteiger partial charge in [-0.3, -0.25) is 0 Å². The lowest BCUT2D eigenvalue weighted by Crippen LogP contribution is -2.20. The van der Waals surface area contributed by atoms with Crippen LogP contribution in [0.1, 0.15) is 44.9 Å². The highest BCUT2D eigenvalue weighted by molar-refractivity contribution is 5.76. The molecule has 2 heterocycles. The molecule has 0 saturated carbocycles. The molecule has 0 aliphatic carbocycles. The first-order chi connectivity index (χ1) is 11.7. The normalized spacial score (nSPS) is 11.7. The Kier molecular flexibility index (Phi) is 5.30. The first-order valence-corrected chi connectivity index (χ1v) is 8.87. The molecule has 0 spiro atoms. The van der Waals surface area contributed by atoms with Crippen LogP contribution in [0.25, 0.3) is 11.0 Å². The van der Waals surface area contributed by atoms with Gasteiger partial charge in [-0.15, -0.1) is 0 Å². The molecule has 3 rings (SSSR count). The van der Waals surface area contributed by atoms with Crippen LogP contribution in [0.2, 0.25) is 0 Å². The zero-order valence-electron chi connectivity index (χ0n) is 14.9. The Morgan fingerprint density at radius 3 is 2.79 bits per heavy atom. The van der Waals surface area contributed by atoms with Gasteiger partial charge >= 0.3 is 0 Å². The van der Waals surface area contributed by atoms with Crippen molar-refractivity contribution in [3.8, 4) is 0 Å². The molecule has 0 radical (unpaired) electrons. The lowest BCUT2D eigenvalue weighted by atomic mass is 10.3. The van der Waals surface area contributed by atoms with Gasteiger partial charge in [-0.25, -0.2) is 9.97 Å². The van der Waals surface area contributed by atoms with E-state index >= 15 is 0 Å². The van der Waals surface area contributed by atoms with Crippen LogP contribution in [-0.2, 0) is 19.5 Å². The summed E-state index contributed by atoms with van der Waals surface area (Å²) in [6, 6.07) is 8.77. The third-order valence-corrected chi connectivity index (χ3v) is 4.34. The largest absolute Gasteiger partial charge is 0.335 e. The number of rotatable bonds is 8. The van der Waals surface area contributed by atoms with E-state index in [4.69, 9.17) is 4.98 Å². The number of imidazole rings is 2. The number of aromatic nitrogens is 4. The van der Waals surface area contributed by atoms with Crippen molar-refractivity contribution in [2.45, 2.75) is 52.7 Å². The lowest BCUT2D eigenvalue weighted by Gasteiger charge is -2.13. The lowest BCUT2D eigenvalue weighted by molar-refractivity contribution is 0.529. The van der Waals surface area contributed by atoms with Crippen molar-refractivity contribution >= 4 is 11.0 Å². The molecule has 3 aromatic rings. The van der Waals surface area contributed by atoms with Gasteiger partial charge in [-0.1, -0.05) is 19.1 Å². The summed E-state index contributed by atoms with van der Waals surface area (Å²) in [5, 5.41) is 3.54. The Hall–Kier alpha value is -2.14. The minimum absolute atomic E-state index is 0.410. The molecule has 24 heavy (non-hydrogen) atoms. The maximum atomic E-state index is 4.79. The zero-order valence-corrected chi connectivity index (χ0v) is 14.9. The molecule has 0 aliphatic heterocycles. The minimum Gasteiger partial charge on any atom is -0.335 e. The smallest absolute Gasteiger partial charge is 0.124 e. The van der Waals surface area contributed by atoms with Gasteiger partial charge in [0, 0.05) is 31.4 Å². The second kappa shape index (κ2) is 7.62. The summed E-state index contributed by atoms with van der Waals surface area (Å²) in [6.07, 6.45) is 6.03. The van der Waals surface area contributed by atoms with E-state index in [2.05, 4.69) is 64.6 Å². The quantitative estimate of drug-likeness (QED) is 0.644. The van der Waals surface area contributed by atoms with Crippen molar-refractivity contribution in [2.24, 2.45) is 0 Å². The molecule has 5 heteroatoms. The van der Waals surface area contributed by atoms with Crippen molar-refractivity contribution in [3.05, 3.63) is 48.3 Å². The van der Waals surface area contributed by atoms with E-state index in [1.165, 1.54) is 5.52 Å². The van der Waals surface area contributed by atoms with Crippen molar-refractivity contribution in [1.82, 2.24) is 24.4 Å². The second-order valence-electron chi connectivity index (χ2n) is 6.40. The topological polar surface area (TPSA) is 47.7 Å². The molecule has 128 valence electrons. The van der Waals surface area contributed by atoms with Crippen LogP contribution in [0.15, 0.2) is 36.7 Å². The van der Waals surface area contributed by atoms with E-state index in [9.17, 15) is 0 Å². The fourth-order valence-electron chi connectivity index (χ4n) is 3.23. The summed E-state index contributed by atoms with van der Waals surface area (Å²) in [7, 11) is 0. The summed E-state index contributed by atoms with van der Waals surface area (Å²) < 4.78 is 4.57. The highest BCUT2D eigenvalue weighted by Crippen LogP contribution is 2.20. The molecule has 1 aromatic carbocycles. The summed E-state index contributed by atoms with van der Waals surface area (Å²) >= 11 is 0. The maximum Gasteiger partial charge on any atom is 0.124 e. The first-order valence-electron chi connectivity index (χ1n) is 8.87. The summed E-state index contributed by atoms with van der Waals surface area (Å²) in [6.45, 7) is 9.36. The molecular weight excluding hydrogens is 298 g/mol. The molecule has 0 bridgehead atoms. The molecule has 1 N–H and O–H groups in total. The van der Waals surface area contributed by atoms with E-state index in [1.54, 1.807) is 0 Å². The Balaban J connectivity index is 1.57. The van der Waals surface area contributed by atoms with Crippen LogP contribution in [-0.4, -0.2) is 25.6 Å². The van der Waals surface area contributed by atoms with Crippen LogP contribution in [0.5, 0.6) is 0 Å². The van der Waals surface area contributed by atoms with Crippen LogP contribution in [0.3, 0.4) is 0 Å². The summed E-state index contributed by atoms with van der Waals surface area (Å²) in [5.74, 6) is 2.28. The summed E-state index contributed by atoms with van der Waals surface area (Å²) in [5.41, 5.74) is 2.30. The Labute approximate surface area is 143 Å². The molecule has 0 unspecified atom stereocenters. The third-order valence-electron chi connectivity index (χ3n) is 4.34. The molecule has 0 atom stereocenters. The number of para-hydroxylation sites is 2. The average molecular weight is 325 g/mol. The minimum atomic E-state index is 0.410. The highest BCUT2D eigenvalue weighted by Gasteiger charge is 2.12. The Morgan fingerprint density at radius 1 is 1.17 bits per heavy atom. The molecule has 0 fully saturated rings. The fraction of sp³-hybridized carbons (Fsp3) is 0.474. The van der Waals surface area contributed by atoms with Gasteiger partial charge in [0.1, 0.15) is 11.6 Å². The predicted octanol–water partition coefficient (Wildman–Crippen LogP) is 3.56. The van der Waals surface area contributed by atoms with Gasteiger partial charge in [-0.2, -0.15) is 0 Å². The van der Waals surface area contributed by atoms with Crippen molar-refractivity contribution < 1.29 is 0 Å². The van der Waals surface area contributed by atoms with Gasteiger partial charge in [0.2, 0.25) is 0 Å². The van der Waals surface area contributed by atoms with E-state index in [-0.39, 0.29) is 0 Å². The van der Waals surface area contributed by atoms with E-state index < -0.39 is 0 Å². The van der Waals surface area contributed by atoms with Crippen LogP contribution >= 0.6 is 0 Å². The van der Waals surface area contributed by atoms with Crippen LogP contribution in [0.4, 0.5) is 0 Å². The van der Waals surface area contributed by atoms with Gasteiger partial charge in [0.15, 0.2) is 0 Å². The molecule has 0 aliphatic rings. The number of benzene rings is 1. The fourth-order valence-corrected chi connectivity index (χ4v) is 3.23. The third kappa shape index (κ3) is 3.51. The van der Waals surface area contributed by atoms with E-state index in [0.717, 1.165) is 49.6 Å². The monoisotopic (exact) mass is 325 g/mol. The van der Waals surface area contributed by atoms with Crippen LogP contribution in [0, 0.1) is 0 Å².